The summed E-state index contributed by atoms with van der Waals surface area (Å²) in [7, 11) is 0. The summed E-state index contributed by atoms with van der Waals surface area (Å²) in [5.74, 6) is 0.749. The molecule has 0 bridgehead atoms. The third kappa shape index (κ3) is 3.35. The van der Waals surface area contributed by atoms with Crippen LogP contribution in [0.4, 0.5) is 5.69 Å². The molecule has 0 radical (unpaired) electrons. The molecule has 1 aromatic rings. The van der Waals surface area contributed by atoms with E-state index in [4.69, 9.17) is 4.99 Å². The average Bonchev–Trinajstić information content (AvgIpc) is 2.56. The number of anilines is 1. The van der Waals surface area contributed by atoms with Crippen molar-refractivity contribution in [3.8, 4) is 0 Å². The Kier molecular flexibility index (Phi) is 4.82. The monoisotopic (exact) mass is 299 g/mol. The van der Waals surface area contributed by atoms with E-state index in [1.807, 2.05) is 0 Å². The molecular weight excluding hydrogens is 270 g/mol. The van der Waals surface area contributed by atoms with Crippen molar-refractivity contribution in [2.24, 2.45) is 10.9 Å². The number of piperazine rings is 1. The zero-order valence-corrected chi connectivity index (χ0v) is 14.3. The fraction of sp³-hybridized carbons (Fsp3) is 0.632. The van der Waals surface area contributed by atoms with Gasteiger partial charge in [0.05, 0.1) is 0 Å². The largest absolute Gasteiger partial charge is 0.369 e. The normalized spacial score (nSPS) is 23.5. The van der Waals surface area contributed by atoms with Gasteiger partial charge >= 0.3 is 0 Å². The molecule has 1 saturated heterocycles. The molecule has 1 fully saturated rings. The molecular formula is C19H29N3. The summed E-state index contributed by atoms with van der Waals surface area (Å²) >= 11 is 0. The number of likely N-dealkylation sites (N-methyl/N-ethyl adjacent to an activating group) is 1. The first kappa shape index (κ1) is 15.5. The van der Waals surface area contributed by atoms with Crippen LogP contribution < -0.4 is 4.90 Å². The summed E-state index contributed by atoms with van der Waals surface area (Å²) < 4.78 is 0. The topological polar surface area (TPSA) is 18.8 Å². The van der Waals surface area contributed by atoms with Crippen LogP contribution in [-0.4, -0.2) is 49.9 Å². The Balaban J connectivity index is 1.73. The molecule has 0 aromatic heterocycles. The van der Waals surface area contributed by atoms with Crippen molar-refractivity contribution in [3.63, 3.8) is 0 Å². The van der Waals surface area contributed by atoms with Crippen LogP contribution in [0.3, 0.4) is 0 Å². The van der Waals surface area contributed by atoms with Crippen LogP contribution in [0.15, 0.2) is 23.2 Å². The summed E-state index contributed by atoms with van der Waals surface area (Å²) in [6.45, 7) is 13.6. The van der Waals surface area contributed by atoms with Crippen LogP contribution >= 0.6 is 0 Å². The van der Waals surface area contributed by atoms with Crippen molar-refractivity contribution >= 4 is 11.4 Å². The zero-order valence-electron chi connectivity index (χ0n) is 14.3. The first-order chi connectivity index (χ1) is 10.7. The standard InChI is InChI=1S/C19H29N3/c1-4-21-9-11-22(12-10-21)19-8-6-17(13-16(19)3)18-7-5-15(2)14-20-18/h6,8,13,15H,4-5,7,9-12,14H2,1-3H3/t15-/m0/s1. The summed E-state index contributed by atoms with van der Waals surface area (Å²) in [6, 6.07) is 6.94. The van der Waals surface area contributed by atoms with Gasteiger partial charge in [-0.05, 0) is 55.5 Å². The molecule has 0 saturated carbocycles. The second-order valence-electron chi connectivity index (χ2n) is 6.85. The van der Waals surface area contributed by atoms with Crippen molar-refractivity contribution in [3.05, 3.63) is 29.3 Å². The number of nitrogens with zero attached hydrogens (tertiary/aromatic N) is 3. The predicted molar refractivity (Wildman–Crippen MR) is 95.3 cm³/mol. The third-order valence-electron chi connectivity index (χ3n) is 5.16. The van der Waals surface area contributed by atoms with Crippen molar-refractivity contribution in [2.45, 2.75) is 33.6 Å². The van der Waals surface area contributed by atoms with Crippen LogP contribution in [0.5, 0.6) is 0 Å². The Morgan fingerprint density at radius 1 is 1.18 bits per heavy atom. The first-order valence-electron chi connectivity index (χ1n) is 8.79. The highest BCUT2D eigenvalue weighted by molar-refractivity contribution is 6.01. The Hall–Kier alpha value is -1.35. The van der Waals surface area contributed by atoms with Crippen LogP contribution in [0.2, 0.25) is 0 Å². The lowest BCUT2D eigenvalue weighted by molar-refractivity contribution is 0.271. The molecule has 0 N–H and O–H groups in total. The van der Waals surface area contributed by atoms with Gasteiger partial charge in [-0.1, -0.05) is 19.9 Å². The van der Waals surface area contributed by atoms with Crippen LogP contribution in [0.25, 0.3) is 0 Å². The number of rotatable bonds is 3. The molecule has 3 nitrogen and oxygen atoms in total. The summed E-state index contributed by atoms with van der Waals surface area (Å²) in [5, 5.41) is 0. The molecule has 2 heterocycles. The Morgan fingerprint density at radius 2 is 1.95 bits per heavy atom. The van der Waals surface area contributed by atoms with E-state index < -0.39 is 0 Å². The maximum atomic E-state index is 4.78. The van der Waals surface area contributed by atoms with Gasteiger partial charge in [0, 0.05) is 44.1 Å². The van der Waals surface area contributed by atoms with Crippen molar-refractivity contribution < 1.29 is 0 Å². The molecule has 2 aliphatic rings. The van der Waals surface area contributed by atoms with Gasteiger partial charge in [0.25, 0.3) is 0 Å². The van der Waals surface area contributed by atoms with Gasteiger partial charge in [0.1, 0.15) is 0 Å². The van der Waals surface area contributed by atoms with Crippen molar-refractivity contribution in [2.75, 3.05) is 44.2 Å². The third-order valence-corrected chi connectivity index (χ3v) is 5.16. The molecule has 1 aromatic carbocycles. The fourth-order valence-electron chi connectivity index (χ4n) is 3.55. The number of aliphatic imine (C=N–C) groups is 1. The second-order valence-corrected chi connectivity index (χ2v) is 6.85. The lowest BCUT2D eigenvalue weighted by Gasteiger charge is -2.36. The van der Waals surface area contributed by atoms with E-state index in [2.05, 4.69) is 48.8 Å². The highest BCUT2D eigenvalue weighted by Crippen LogP contribution is 2.25. The minimum absolute atomic E-state index is 0.749. The lowest BCUT2D eigenvalue weighted by Crippen LogP contribution is -2.46. The molecule has 120 valence electrons. The highest BCUT2D eigenvalue weighted by atomic mass is 15.3. The van der Waals surface area contributed by atoms with Gasteiger partial charge in [-0.3, -0.25) is 4.99 Å². The Labute approximate surface area is 135 Å². The molecule has 0 amide bonds. The van der Waals surface area contributed by atoms with Gasteiger partial charge < -0.3 is 9.80 Å². The average molecular weight is 299 g/mol. The number of hydrogen-bond donors (Lipinski definition) is 0. The molecule has 2 aliphatic heterocycles. The van der Waals surface area contributed by atoms with Gasteiger partial charge in [-0.15, -0.1) is 0 Å². The van der Waals surface area contributed by atoms with Crippen LogP contribution in [0.1, 0.15) is 37.8 Å². The van der Waals surface area contributed by atoms with Crippen molar-refractivity contribution in [1.82, 2.24) is 4.90 Å². The van der Waals surface area contributed by atoms with E-state index >= 15 is 0 Å². The summed E-state index contributed by atoms with van der Waals surface area (Å²) in [6.07, 6.45) is 2.41. The molecule has 0 aliphatic carbocycles. The number of aryl methyl sites for hydroxylation is 1. The molecule has 3 heteroatoms. The van der Waals surface area contributed by atoms with Gasteiger partial charge in [0.2, 0.25) is 0 Å². The maximum absolute atomic E-state index is 4.78. The van der Waals surface area contributed by atoms with Crippen molar-refractivity contribution in [1.29, 1.82) is 0 Å². The van der Waals surface area contributed by atoms with E-state index in [1.54, 1.807) is 0 Å². The fourth-order valence-corrected chi connectivity index (χ4v) is 3.55. The Bertz CT molecular complexity index is 542. The van der Waals surface area contributed by atoms with E-state index in [0.29, 0.717) is 0 Å². The SMILES string of the molecule is CCN1CCN(c2ccc(C3=NC[C@@H](C)CC3)cc2C)CC1. The van der Waals surface area contributed by atoms with Gasteiger partial charge in [-0.2, -0.15) is 0 Å². The van der Waals surface area contributed by atoms with E-state index in [9.17, 15) is 0 Å². The van der Waals surface area contributed by atoms with Gasteiger partial charge in [0.15, 0.2) is 0 Å². The lowest BCUT2D eigenvalue weighted by atomic mass is 9.94. The predicted octanol–water partition coefficient (Wildman–Crippen LogP) is 3.36. The maximum Gasteiger partial charge on any atom is 0.0420 e. The van der Waals surface area contributed by atoms with E-state index in [0.717, 1.165) is 32.0 Å². The second kappa shape index (κ2) is 6.82. The van der Waals surface area contributed by atoms with Crippen LogP contribution in [0, 0.1) is 12.8 Å². The number of hydrogen-bond acceptors (Lipinski definition) is 3. The van der Waals surface area contributed by atoms with E-state index in [1.165, 1.54) is 48.6 Å². The van der Waals surface area contributed by atoms with E-state index in [-0.39, 0.29) is 0 Å². The smallest absolute Gasteiger partial charge is 0.0420 e. The minimum Gasteiger partial charge on any atom is -0.369 e. The highest BCUT2D eigenvalue weighted by Gasteiger charge is 2.18. The number of benzene rings is 1. The Morgan fingerprint density at radius 3 is 2.55 bits per heavy atom. The zero-order chi connectivity index (χ0) is 15.5. The summed E-state index contributed by atoms with van der Waals surface area (Å²) in [4.78, 5) is 9.85. The summed E-state index contributed by atoms with van der Waals surface area (Å²) in [5.41, 5.74) is 5.44. The molecule has 22 heavy (non-hydrogen) atoms. The van der Waals surface area contributed by atoms with Crippen LogP contribution in [-0.2, 0) is 0 Å². The molecule has 3 rings (SSSR count). The quantitative estimate of drug-likeness (QED) is 0.852. The molecule has 0 unspecified atom stereocenters. The molecule has 0 spiro atoms. The first-order valence-corrected chi connectivity index (χ1v) is 8.79. The van der Waals surface area contributed by atoms with Gasteiger partial charge in [-0.25, -0.2) is 0 Å². The minimum atomic E-state index is 0.749. The molecule has 1 atom stereocenters.